The number of aromatic nitrogens is 1. The Morgan fingerprint density at radius 3 is 2.74 bits per heavy atom. The number of nitro benzene ring substituents is 1. The van der Waals surface area contributed by atoms with Gasteiger partial charge in [-0.1, -0.05) is 48.5 Å². The summed E-state index contributed by atoms with van der Waals surface area (Å²) in [6.45, 7) is 2.89. The highest BCUT2D eigenvalue weighted by Crippen LogP contribution is 2.50. The average molecular weight is 468 g/mol. The molecule has 1 aromatic heterocycles. The Hall–Kier alpha value is -3.64. The van der Waals surface area contributed by atoms with E-state index in [0.717, 1.165) is 66.8 Å². The molecule has 1 fully saturated rings. The number of nitrogens with zero attached hydrogens (tertiary/aromatic N) is 2. The van der Waals surface area contributed by atoms with Crippen molar-refractivity contribution in [2.45, 2.75) is 31.2 Å². The second kappa shape index (κ2) is 8.54. The van der Waals surface area contributed by atoms with Gasteiger partial charge in [0.1, 0.15) is 5.75 Å². The van der Waals surface area contributed by atoms with Gasteiger partial charge in [-0.05, 0) is 66.6 Å². The SMILES string of the molecule is COc1cccc(C23CCN(Cc4ccccc4)CC2Cc2c([nH]c4cccc([N+](=O)[O-])c24)C3)c1. The van der Waals surface area contributed by atoms with Gasteiger partial charge in [-0.2, -0.15) is 0 Å². The van der Waals surface area contributed by atoms with Crippen LogP contribution in [0, 0.1) is 16.0 Å². The van der Waals surface area contributed by atoms with Gasteiger partial charge >= 0.3 is 0 Å². The van der Waals surface area contributed by atoms with Gasteiger partial charge in [0.25, 0.3) is 5.69 Å². The third-order valence-corrected chi connectivity index (χ3v) is 8.16. The van der Waals surface area contributed by atoms with Crippen molar-refractivity contribution in [2.24, 2.45) is 5.92 Å². The minimum Gasteiger partial charge on any atom is -0.497 e. The maximum atomic E-state index is 11.9. The molecule has 6 nitrogen and oxygen atoms in total. The smallest absolute Gasteiger partial charge is 0.279 e. The number of aromatic amines is 1. The zero-order chi connectivity index (χ0) is 24.0. The molecule has 2 heterocycles. The van der Waals surface area contributed by atoms with Crippen LogP contribution in [0.2, 0.25) is 0 Å². The highest BCUT2D eigenvalue weighted by atomic mass is 16.6. The van der Waals surface area contributed by atoms with Crippen molar-refractivity contribution in [3.05, 3.63) is 105 Å². The molecule has 6 heteroatoms. The number of piperidine rings is 1. The molecule has 0 spiro atoms. The summed E-state index contributed by atoms with van der Waals surface area (Å²) in [5.41, 5.74) is 5.92. The Labute approximate surface area is 204 Å². The Kier molecular flexibility index (Phi) is 5.33. The first-order chi connectivity index (χ1) is 17.1. The van der Waals surface area contributed by atoms with E-state index in [-0.39, 0.29) is 16.0 Å². The number of nitrogens with one attached hydrogen (secondary N) is 1. The standard InChI is InChI=1S/C29H29N3O3/c1-35-23-10-5-9-21(15-23)29-13-14-31(18-20-7-3-2-4-8-20)19-22(29)16-24-26(17-29)30-25-11-6-12-27(28(24)25)32(33)34/h2-12,15,22,30H,13-14,16-19H2,1H3. The number of fused-ring (bicyclic) bond motifs is 4. The van der Waals surface area contributed by atoms with Crippen LogP contribution >= 0.6 is 0 Å². The molecule has 4 aromatic rings. The van der Waals surface area contributed by atoms with Crippen LogP contribution in [0.4, 0.5) is 5.69 Å². The van der Waals surface area contributed by atoms with Gasteiger partial charge in [-0.15, -0.1) is 0 Å². The fourth-order valence-corrected chi connectivity index (χ4v) is 6.47. The highest BCUT2D eigenvalue weighted by Gasteiger charge is 2.48. The lowest BCUT2D eigenvalue weighted by Crippen LogP contribution is -2.53. The molecule has 0 saturated carbocycles. The number of non-ortho nitro benzene ring substituents is 1. The summed E-state index contributed by atoms with van der Waals surface area (Å²) in [6, 6.07) is 24.5. The Bertz CT molecular complexity index is 1400. The number of hydrogen-bond donors (Lipinski definition) is 1. The van der Waals surface area contributed by atoms with Crippen molar-refractivity contribution in [1.82, 2.24) is 9.88 Å². The van der Waals surface area contributed by atoms with E-state index in [0.29, 0.717) is 5.92 Å². The molecular weight excluding hydrogens is 438 g/mol. The van der Waals surface area contributed by atoms with E-state index in [1.807, 2.05) is 12.1 Å². The molecule has 1 N–H and O–H groups in total. The molecular formula is C29H29N3O3. The highest BCUT2D eigenvalue weighted by molar-refractivity contribution is 5.93. The second-order valence-corrected chi connectivity index (χ2v) is 9.98. The molecule has 35 heavy (non-hydrogen) atoms. The number of hydrogen-bond acceptors (Lipinski definition) is 4. The lowest BCUT2D eigenvalue weighted by Gasteiger charge is -2.51. The van der Waals surface area contributed by atoms with Crippen LogP contribution in [-0.2, 0) is 24.8 Å². The summed E-state index contributed by atoms with van der Waals surface area (Å²) >= 11 is 0. The number of nitro groups is 1. The molecule has 0 radical (unpaired) electrons. The fourth-order valence-electron chi connectivity index (χ4n) is 6.47. The second-order valence-electron chi connectivity index (χ2n) is 9.98. The molecule has 0 amide bonds. The van der Waals surface area contributed by atoms with E-state index in [1.165, 1.54) is 11.1 Å². The number of benzene rings is 3. The van der Waals surface area contributed by atoms with Gasteiger partial charge in [-0.3, -0.25) is 15.0 Å². The Balaban J connectivity index is 1.44. The number of ether oxygens (including phenoxy) is 1. The van der Waals surface area contributed by atoms with Gasteiger partial charge in [0.05, 0.1) is 22.9 Å². The molecule has 0 bridgehead atoms. The van der Waals surface area contributed by atoms with E-state index in [1.54, 1.807) is 19.2 Å². The topological polar surface area (TPSA) is 71.4 Å². The monoisotopic (exact) mass is 467 g/mol. The molecule has 2 atom stereocenters. The van der Waals surface area contributed by atoms with Crippen LogP contribution < -0.4 is 4.74 Å². The van der Waals surface area contributed by atoms with Crippen LogP contribution in [0.1, 0.15) is 28.8 Å². The van der Waals surface area contributed by atoms with Crippen LogP contribution in [0.15, 0.2) is 72.8 Å². The zero-order valence-electron chi connectivity index (χ0n) is 19.9. The summed E-state index contributed by atoms with van der Waals surface area (Å²) in [5, 5.41) is 12.6. The maximum absolute atomic E-state index is 11.9. The zero-order valence-corrected chi connectivity index (χ0v) is 19.9. The largest absolute Gasteiger partial charge is 0.497 e. The van der Waals surface area contributed by atoms with Crippen molar-refractivity contribution in [3.63, 3.8) is 0 Å². The van der Waals surface area contributed by atoms with Crippen LogP contribution in [0.3, 0.4) is 0 Å². The normalized spacial score (nSPS) is 21.9. The number of likely N-dealkylation sites (tertiary alicyclic amines) is 1. The lowest BCUT2D eigenvalue weighted by atomic mass is 9.58. The first kappa shape index (κ1) is 21.9. The summed E-state index contributed by atoms with van der Waals surface area (Å²) in [7, 11) is 1.71. The number of rotatable bonds is 5. The van der Waals surface area contributed by atoms with E-state index >= 15 is 0 Å². The van der Waals surface area contributed by atoms with Crippen LogP contribution in [0.25, 0.3) is 10.9 Å². The predicted molar refractivity (Wildman–Crippen MR) is 137 cm³/mol. The summed E-state index contributed by atoms with van der Waals surface area (Å²) in [5.74, 6) is 1.22. The van der Waals surface area contributed by atoms with Crippen molar-refractivity contribution >= 4 is 16.6 Å². The molecule has 2 unspecified atom stereocenters. The molecule has 1 saturated heterocycles. The molecule has 6 rings (SSSR count). The lowest BCUT2D eigenvalue weighted by molar-refractivity contribution is -0.383. The van der Waals surface area contributed by atoms with E-state index in [9.17, 15) is 10.1 Å². The van der Waals surface area contributed by atoms with Gasteiger partial charge in [0.2, 0.25) is 0 Å². The van der Waals surface area contributed by atoms with Gasteiger partial charge in [-0.25, -0.2) is 0 Å². The summed E-state index contributed by atoms with van der Waals surface area (Å²) in [6.07, 6.45) is 2.71. The van der Waals surface area contributed by atoms with E-state index < -0.39 is 0 Å². The quantitative estimate of drug-likeness (QED) is 0.304. The molecule has 178 valence electrons. The number of methoxy groups -OCH3 is 1. The molecule has 3 aromatic carbocycles. The summed E-state index contributed by atoms with van der Waals surface area (Å²) < 4.78 is 5.59. The van der Waals surface area contributed by atoms with Crippen molar-refractivity contribution in [3.8, 4) is 5.75 Å². The molecule has 1 aliphatic heterocycles. The minimum atomic E-state index is -0.247. The van der Waals surface area contributed by atoms with Gasteiger partial charge in [0.15, 0.2) is 0 Å². The minimum absolute atomic E-state index is 0.0373. The average Bonchev–Trinajstić information content (AvgIpc) is 3.25. The van der Waals surface area contributed by atoms with Gasteiger partial charge in [0, 0.05) is 30.3 Å². The van der Waals surface area contributed by atoms with Gasteiger partial charge < -0.3 is 9.72 Å². The predicted octanol–water partition coefficient (Wildman–Crippen LogP) is 5.64. The first-order valence-corrected chi connectivity index (χ1v) is 12.2. The molecule has 2 aliphatic rings. The van der Waals surface area contributed by atoms with Crippen molar-refractivity contribution < 1.29 is 9.66 Å². The molecule has 1 aliphatic carbocycles. The van der Waals surface area contributed by atoms with Crippen LogP contribution in [-0.4, -0.2) is 35.0 Å². The van der Waals surface area contributed by atoms with E-state index in [2.05, 4.69) is 58.4 Å². The van der Waals surface area contributed by atoms with E-state index in [4.69, 9.17) is 4.74 Å². The third kappa shape index (κ3) is 3.69. The maximum Gasteiger partial charge on any atom is 0.279 e. The fraction of sp³-hybridized carbons (Fsp3) is 0.310. The third-order valence-electron chi connectivity index (χ3n) is 8.16. The Morgan fingerprint density at radius 2 is 1.94 bits per heavy atom. The first-order valence-electron chi connectivity index (χ1n) is 12.2. The summed E-state index contributed by atoms with van der Waals surface area (Å²) in [4.78, 5) is 17.7. The van der Waals surface area contributed by atoms with Crippen molar-refractivity contribution in [1.29, 1.82) is 0 Å². The van der Waals surface area contributed by atoms with Crippen LogP contribution in [0.5, 0.6) is 5.75 Å². The van der Waals surface area contributed by atoms with Crippen molar-refractivity contribution in [2.75, 3.05) is 20.2 Å². The number of H-pyrrole nitrogens is 1. The Morgan fingerprint density at radius 1 is 1.11 bits per heavy atom.